The largest absolute Gasteiger partial charge is 0.391 e. The van der Waals surface area contributed by atoms with Gasteiger partial charge in [-0.3, -0.25) is 14.2 Å². The minimum atomic E-state index is -0.846. The molecule has 0 bridgehead atoms. The molecule has 0 unspecified atom stereocenters. The number of halogens is 3. The van der Waals surface area contributed by atoms with Crippen LogP contribution in [0.15, 0.2) is 59.4 Å². The van der Waals surface area contributed by atoms with E-state index in [9.17, 15) is 27.9 Å². The number of aliphatic hydroxyl groups is 1. The van der Waals surface area contributed by atoms with Gasteiger partial charge in [-0.25, -0.2) is 13.2 Å². The summed E-state index contributed by atoms with van der Waals surface area (Å²) in [6.07, 6.45) is -0.201. The fraction of sp³-hybridized carbons (Fsp3) is 0.167. The number of β-amino-alcohol motifs (C(OH)–C–C–N with tert-alkyl or cyclic N) is 1. The highest BCUT2D eigenvalue weighted by molar-refractivity contribution is 7.21. The molecule has 2 aromatic carbocycles. The van der Waals surface area contributed by atoms with Gasteiger partial charge in [-0.1, -0.05) is 0 Å². The molecular weight excluding hydrogens is 467 g/mol. The molecule has 4 aromatic rings. The quantitative estimate of drug-likeness (QED) is 0.449. The van der Waals surface area contributed by atoms with Crippen LogP contribution in [-0.4, -0.2) is 39.7 Å². The highest BCUT2D eigenvalue weighted by Gasteiger charge is 2.30. The van der Waals surface area contributed by atoms with E-state index in [-0.39, 0.29) is 28.7 Å². The van der Waals surface area contributed by atoms with E-state index in [1.165, 1.54) is 51.9 Å². The second kappa shape index (κ2) is 8.62. The van der Waals surface area contributed by atoms with Crippen molar-refractivity contribution in [3.8, 4) is 5.69 Å². The highest BCUT2D eigenvalue weighted by Crippen LogP contribution is 2.39. The molecule has 10 heteroatoms. The second-order valence-corrected chi connectivity index (χ2v) is 8.95. The molecule has 1 aliphatic heterocycles. The van der Waals surface area contributed by atoms with E-state index >= 15 is 0 Å². The number of anilines is 2. The summed E-state index contributed by atoms with van der Waals surface area (Å²) >= 11 is 1.03. The Bertz CT molecular complexity index is 1470. The maximum atomic E-state index is 14.5. The predicted molar refractivity (Wildman–Crippen MR) is 124 cm³/mol. The number of aliphatic hydroxyl groups excluding tert-OH is 1. The number of aromatic nitrogens is 1. The van der Waals surface area contributed by atoms with Gasteiger partial charge in [0.25, 0.3) is 11.5 Å². The number of benzene rings is 2. The average molecular weight is 485 g/mol. The molecule has 2 N–H and O–H groups in total. The molecule has 5 rings (SSSR count). The van der Waals surface area contributed by atoms with Crippen molar-refractivity contribution in [2.75, 3.05) is 18.4 Å². The van der Waals surface area contributed by atoms with Crippen molar-refractivity contribution in [3.63, 3.8) is 0 Å². The van der Waals surface area contributed by atoms with E-state index in [1.807, 2.05) is 0 Å². The van der Waals surface area contributed by atoms with Gasteiger partial charge < -0.3 is 15.3 Å². The maximum absolute atomic E-state index is 14.5. The summed E-state index contributed by atoms with van der Waals surface area (Å²) in [6.45, 7) is 0.506. The van der Waals surface area contributed by atoms with E-state index < -0.39 is 29.1 Å². The summed E-state index contributed by atoms with van der Waals surface area (Å²) < 4.78 is 42.7. The Balaban J connectivity index is 1.72. The van der Waals surface area contributed by atoms with E-state index in [1.54, 1.807) is 0 Å². The maximum Gasteiger partial charge on any atom is 0.266 e. The lowest BCUT2D eigenvalue weighted by Crippen LogP contribution is -2.29. The SMILES string of the molecule is O=C(c1sc2c(ccc(=O)n2-c2ccc(F)cc2)c1Nc1ccc(F)cc1F)N1CC[C@@H](O)C1. The van der Waals surface area contributed by atoms with Gasteiger partial charge in [0.15, 0.2) is 0 Å². The number of carbonyl (C=O) groups excluding carboxylic acids is 1. The molecular formula is C24H18F3N3O3S. The summed E-state index contributed by atoms with van der Waals surface area (Å²) in [5.74, 6) is -2.44. The molecule has 2 aromatic heterocycles. The monoisotopic (exact) mass is 485 g/mol. The number of likely N-dealkylation sites (tertiary alicyclic amines) is 1. The third-order valence-electron chi connectivity index (χ3n) is 5.66. The molecule has 1 aliphatic rings. The number of thiophene rings is 1. The lowest BCUT2D eigenvalue weighted by Gasteiger charge is -2.16. The first-order valence-corrected chi connectivity index (χ1v) is 11.3. The summed E-state index contributed by atoms with van der Waals surface area (Å²) in [7, 11) is 0. The zero-order valence-electron chi connectivity index (χ0n) is 17.6. The predicted octanol–water partition coefficient (Wildman–Crippen LogP) is 4.42. The Kier molecular flexibility index (Phi) is 5.62. The van der Waals surface area contributed by atoms with Crippen molar-refractivity contribution in [1.82, 2.24) is 9.47 Å². The molecule has 0 spiro atoms. The van der Waals surface area contributed by atoms with Crippen LogP contribution >= 0.6 is 11.3 Å². The zero-order valence-corrected chi connectivity index (χ0v) is 18.4. The molecule has 174 valence electrons. The molecule has 1 fully saturated rings. The summed E-state index contributed by atoms with van der Waals surface area (Å²) in [6, 6.07) is 11.2. The number of nitrogens with one attached hydrogen (secondary N) is 1. The number of hydrogen-bond acceptors (Lipinski definition) is 5. The molecule has 0 saturated carbocycles. The van der Waals surface area contributed by atoms with Crippen LogP contribution in [0.25, 0.3) is 15.9 Å². The third kappa shape index (κ3) is 3.95. The molecule has 6 nitrogen and oxygen atoms in total. The molecule has 0 radical (unpaired) electrons. The highest BCUT2D eigenvalue weighted by atomic mass is 32.1. The van der Waals surface area contributed by atoms with E-state index in [0.29, 0.717) is 28.9 Å². The third-order valence-corrected chi connectivity index (χ3v) is 6.84. The lowest BCUT2D eigenvalue weighted by atomic mass is 10.2. The Labute approximate surface area is 195 Å². The summed E-state index contributed by atoms with van der Waals surface area (Å²) in [5.41, 5.74) is 0.215. The van der Waals surface area contributed by atoms with E-state index in [0.717, 1.165) is 23.5 Å². The van der Waals surface area contributed by atoms with Crippen LogP contribution in [0, 0.1) is 17.5 Å². The van der Waals surface area contributed by atoms with Crippen molar-refractivity contribution in [2.45, 2.75) is 12.5 Å². The lowest BCUT2D eigenvalue weighted by molar-refractivity contribution is 0.0770. The topological polar surface area (TPSA) is 74.6 Å². The number of pyridine rings is 1. The molecule has 1 amide bonds. The standard InChI is InChI=1S/C24H18F3N3O3S/c25-13-1-4-15(5-2-13)30-20(32)8-6-17-21(28-19-7-3-14(26)11-18(19)27)22(34-24(17)30)23(33)29-10-9-16(31)12-29/h1-8,11,16,28,31H,9-10,12H2/t16-/m1/s1. The van der Waals surface area contributed by atoms with Crippen LogP contribution in [0.1, 0.15) is 16.1 Å². The first-order valence-electron chi connectivity index (χ1n) is 10.5. The van der Waals surface area contributed by atoms with Crippen molar-refractivity contribution in [3.05, 3.63) is 87.3 Å². The van der Waals surface area contributed by atoms with Crippen LogP contribution in [-0.2, 0) is 0 Å². The Morgan fingerprint density at radius 1 is 1.03 bits per heavy atom. The van der Waals surface area contributed by atoms with Crippen molar-refractivity contribution in [2.24, 2.45) is 0 Å². The summed E-state index contributed by atoms with van der Waals surface area (Å²) in [5, 5.41) is 13.2. The second-order valence-electron chi connectivity index (χ2n) is 7.95. The molecule has 34 heavy (non-hydrogen) atoms. The number of rotatable bonds is 4. The van der Waals surface area contributed by atoms with Gasteiger partial charge in [-0.2, -0.15) is 0 Å². The van der Waals surface area contributed by atoms with Crippen LogP contribution in [0.5, 0.6) is 0 Å². The van der Waals surface area contributed by atoms with Gasteiger partial charge in [0.05, 0.1) is 23.2 Å². The van der Waals surface area contributed by atoms with E-state index in [2.05, 4.69) is 5.32 Å². The van der Waals surface area contributed by atoms with Crippen LogP contribution in [0.3, 0.4) is 0 Å². The normalized spacial score (nSPS) is 15.8. The first-order chi connectivity index (χ1) is 16.3. The number of amides is 1. The number of fused-ring (bicyclic) bond motifs is 1. The minimum Gasteiger partial charge on any atom is -0.391 e. The molecule has 1 atom stereocenters. The molecule has 0 aliphatic carbocycles. The van der Waals surface area contributed by atoms with Gasteiger partial charge in [0.1, 0.15) is 27.2 Å². The number of carbonyl (C=O) groups is 1. The van der Waals surface area contributed by atoms with Crippen LogP contribution in [0.2, 0.25) is 0 Å². The number of hydrogen-bond donors (Lipinski definition) is 2. The fourth-order valence-electron chi connectivity index (χ4n) is 3.99. The molecule has 3 heterocycles. The molecule has 1 saturated heterocycles. The van der Waals surface area contributed by atoms with Gasteiger partial charge in [0.2, 0.25) is 0 Å². The smallest absolute Gasteiger partial charge is 0.266 e. The van der Waals surface area contributed by atoms with Crippen LogP contribution in [0.4, 0.5) is 24.5 Å². The van der Waals surface area contributed by atoms with Gasteiger partial charge in [-0.05, 0) is 48.9 Å². The Morgan fingerprint density at radius 3 is 2.44 bits per heavy atom. The number of nitrogens with zero attached hydrogens (tertiary/aromatic N) is 2. The van der Waals surface area contributed by atoms with Crippen molar-refractivity contribution >= 4 is 38.8 Å². The summed E-state index contributed by atoms with van der Waals surface area (Å²) in [4.78, 5) is 28.3. The minimum absolute atomic E-state index is 0.0452. The van der Waals surface area contributed by atoms with Gasteiger partial charge in [-0.15, -0.1) is 11.3 Å². The van der Waals surface area contributed by atoms with Crippen molar-refractivity contribution < 1.29 is 23.1 Å². The van der Waals surface area contributed by atoms with Gasteiger partial charge >= 0.3 is 0 Å². The van der Waals surface area contributed by atoms with E-state index in [4.69, 9.17) is 0 Å². The van der Waals surface area contributed by atoms with Gasteiger partial charge in [0, 0.05) is 30.6 Å². The first kappa shape index (κ1) is 22.2. The average Bonchev–Trinajstić information content (AvgIpc) is 3.40. The Morgan fingerprint density at radius 2 is 1.76 bits per heavy atom. The fourth-order valence-corrected chi connectivity index (χ4v) is 5.23. The van der Waals surface area contributed by atoms with Crippen LogP contribution < -0.4 is 10.9 Å². The Hall–Kier alpha value is -3.63. The zero-order chi connectivity index (χ0) is 24.0. The van der Waals surface area contributed by atoms with Crippen molar-refractivity contribution in [1.29, 1.82) is 0 Å².